The number of rotatable bonds is 7. The number of hydrogen-bond acceptors (Lipinski definition) is 4. The van der Waals surface area contributed by atoms with E-state index in [4.69, 9.17) is 4.74 Å². The lowest BCUT2D eigenvalue weighted by Crippen LogP contribution is -2.40. The third-order valence-corrected chi connectivity index (χ3v) is 5.81. The zero-order chi connectivity index (χ0) is 20.9. The molecule has 1 fully saturated rings. The fourth-order valence-corrected chi connectivity index (χ4v) is 4.22. The zero-order valence-electron chi connectivity index (χ0n) is 17.8. The molecular formula is C24H30N4O2. The third kappa shape index (κ3) is 4.82. The van der Waals surface area contributed by atoms with Gasteiger partial charge in [-0.15, -0.1) is 0 Å². The topological polar surface area (TPSA) is 59.4 Å². The number of carbonyl (C=O) groups is 1. The van der Waals surface area contributed by atoms with E-state index in [1.54, 1.807) is 0 Å². The molecule has 0 radical (unpaired) electrons. The molecular weight excluding hydrogens is 376 g/mol. The summed E-state index contributed by atoms with van der Waals surface area (Å²) in [6, 6.07) is 15.9. The minimum atomic E-state index is 0.0362. The number of likely N-dealkylation sites (tertiary alicyclic amines) is 1. The first kappa shape index (κ1) is 20.4. The lowest BCUT2D eigenvalue weighted by Gasteiger charge is -2.31. The van der Waals surface area contributed by atoms with Crippen molar-refractivity contribution in [2.75, 3.05) is 31.6 Å². The summed E-state index contributed by atoms with van der Waals surface area (Å²) in [7, 11) is 0. The van der Waals surface area contributed by atoms with Gasteiger partial charge in [0.2, 0.25) is 5.91 Å². The van der Waals surface area contributed by atoms with Crippen LogP contribution in [-0.4, -0.2) is 46.6 Å². The Morgan fingerprint density at radius 1 is 1.13 bits per heavy atom. The summed E-state index contributed by atoms with van der Waals surface area (Å²) in [5.41, 5.74) is 3.09. The van der Waals surface area contributed by atoms with Gasteiger partial charge >= 0.3 is 0 Å². The van der Waals surface area contributed by atoms with Crippen molar-refractivity contribution in [3.05, 3.63) is 54.4 Å². The van der Waals surface area contributed by atoms with Crippen LogP contribution in [0.25, 0.3) is 11.0 Å². The monoisotopic (exact) mass is 406 g/mol. The second-order valence-electron chi connectivity index (χ2n) is 7.98. The number of fused-ring (bicyclic) bond motifs is 1. The predicted molar refractivity (Wildman–Crippen MR) is 120 cm³/mol. The van der Waals surface area contributed by atoms with E-state index >= 15 is 0 Å². The average Bonchev–Trinajstić information content (AvgIpc) is 3.06. The van der Waals surface area contributed by atoms with Crippen LogP contribution >= 0.6 is 0 Å². The summed E-state index contributed by atoms with van der Waals surface area (Å²) in [6.07, 6.45) is 2.20. The molecule has 1 aromatic heterocycles. The Kier molecular flexibility index (Phi) is 6.33. The van der Waals surface area contributed by atoms with Crippen LogP contribution in [0.15, 0.2) is 48.5 Å². The molecule has 30 heavy (non-hydrogen) atoms. The molecule has 158 valence electrons. The van der Waals surface area contributed by atoms with Crippen LogP contribution < -0.4 is 10.1 Å². The Hall–Kier alpha value is -2.86. The van der Waals surface area contributed by atoms with E-state index in [0.717, 1.165) is 55.3 Å². The first-order chi connectivity index (χ1) is 14.6. The number of aryl methyl sites for hydroxylation is 1. The Morgan fingerprint density at radius 2 is 1.87 bits per heavy atom. The van der Waals surface area contributed by atoms with E-state index in [9.17, 15) is 4.79 Å². The Balaban J connectivity index is 1.26. The van der Waals surface area contributed by atoms with Crippen molar-refractivity contribution < 1.29 is 9.53 Å². The lowest BCUT2D eigenvalue weighted by atomic mass is 9.96. The summed E-state index contributed by atoms with van der Waals surface area (Å²) < 4.78 is 7.78. The minimum Gasteiger partial charge on any atom is -0.494 e. The second-order valence-corrected chi connectivity index (χ2v) is 7.98. The standard InChI is InChI=1S/C24H30N4O2/c1-3-30-21-10-8-20(9-11-21)26-24(29)17-27-14-12-19(13-15-27)16-28-18(2)25-22-6-4-5-7-23(22)28/h4-11,19H,3,12-17H2,1-2H3,(H,26,29). The molecule has 6 nitrogen and oxygen atoms in total. The van der Waals surface area contributed by atoms with Crippen molar-refractivity contribution in [2.24, 2.45) is 5.92 Å². The maximum absolute atomic E-state index is 12.4. The molecule has 0 aliphatic carbocycles. The van der Waals surface area contributed by atoms with E-state index < -0.39 is 0 Å². The molecule has 1 aliphatic heterocycles. The van der Waals surface area contributed by atoms with Gasteiger partial charge in [-0.05, 0) is 82.1 Å². The first-order valence-electron chi connectivity index (χ1n) is 10.8. The molecule has 2 aromatic carbocycles. The van der Waals surface area contributed by atoms with Gasteiger partial charge in [0.1, 0.15) is 11.6 Å². The molecule has 2 heterocycles. The highest BCUT2D eigenvalue weighted by Gasteiger charge is 2.22. The summed E-state index contributed by atoms with van der Waals surface area (Å²) in [4.78, 5) is 19.4. The van der Waals surface area contributed by atoms with Crippen molar-refractivity contribution in [2.45, 2.75) is 33.2 Å². The molecule has 3 aromatic rings. The summed E-state index contributed by atoms with van der Waals surface area (Å²) >= 11 is 0. The number of carbonyl (C=O) groups excluding carboxylic acids is 1. The fraction of sp³-hybridized carbons (Fsp3) is 0.417. The van der Waals surface area contributed by atoms with Crippen LogP contribution in [0.4, 0.5) is 5.69 Å². The smallest absolute Gasteiger partial charge is 0.238 e. The number of amides is 1. The van der Waals surface area contributed by atoms with Gasteiger partial charge in [0.15, 0.2) is 0 Å². The van der Waals surface area contributed by atoms with Gasteiger partial charge < -0.3 is 14.6 Å². The minimum absolute atomic E-state index is 0.0362. The van der Waals surface area contributed by atoms with E-state index in [0.29, 0.717) is 19.1 Å². The number of imidazole rings is 1. The number of benzene rings is 2. The fourth-order valence-electron chi connectivity index (χ4n) is 4.22. The number of nitrogens with one attached hydrogen (secondary N) is 1. The molecule has 1 amide bonds. The highest BCUT2D eigenvalue weighted by Crippen LogP contribution is 2.23. The van der Waals surface area contributed by atoms with Crippen LogP contribution in [-0.2, 0) is 11.3 Å². The van der Waals surface area contributed by atoms with Gasteiger partial charge in [0, 0.05) is 12.2 Å². The van der Waals surface area contributed by atoms with Crippen molar-refractivity contribution >= 4 is 22.6 Å². The summed E-state index contributed by atoms with van der Waals surface area (Å²) in [6.45, 7) is 8.02. The van der Waals surface area contributed by atoms with Gasteiger partial charge in [-0.1, -0.05) is 12.1 Å². The normalized spacial score (nSPS) is 15.4. The molecule has 1 aliphatic rings. The van der Waals surface area contributed by atoms with Crippen molar-refractivity contribution in [3.63, 3.8) is 0 Å². The zero-order valence-corrected chi connectivity index (χ0v) is 17.8. The number of ether oxygens (including phenoxy) is 1. The van der Waals surface area contributed by atoms with E-state index in [-0.39, 0.29) is 5.91 Å². The van der Waals surface area contributed by atoms with Gasteiger partial charge in [-0.3, -0.25) is 9.69 Å². The highest BCUT2D eigenvalue weighted by atomic mass is 16.5. The van der Waals surface area contributed by atoms with Crippen molar-refractivity contribution in [3.8, 4) is 5.75 Å². The highest BCUT2D eigenvalue weighted by molar-refractivity contribution is 5.92. The molecule has 1 N–H and O–H groups in total. The van der Waals surface area contributed by atoms with E-state index in [1.165, 1.54) is 5.52 Å². The number of nitrogens with zero attached hydrogens (tertiary/aromatic N) is 3. The van der Waals surface area contributed by atoms with Crippen LogP contribution in [0, 0.1) is 12.8 Å². The lowest BCUT2D eigenvalue weighted by molar-refractivity contribution is -0.117. The number of aromatic nitrogens is 2. The molecule has 0 spiro atoms. The van der Waals surface area contributed by atoms with Crippen LogP contribution in [0.3, 0.4) is 0 Å². The SMILES string of the molecule is CCOc1ccc(NC(=O)CN2CCC(Cn3c(C)nc4ccccc43)CC2)cc1. The van der Waals surface area contributed by atoms with Gasteiger partial charge in [0.25, 0.3) is 0 Å². The maximum atomic E-state index is 12.4. The number of piperidine rings is 1. The van der Waals surface area contributed by atoms with Crippen LogP contribution in [0.1, 0.15) is 25.6 Å². The average molecular weight is 407 g/mol. The molecule has 0 bridgehead atoms. The van der Waals surface area contributed by atoms with Crippen LogP contribution in [0.2, 0.25) is 0 Å². The number of para-hydroxylation sites is 2. The summed E-state index contributed by atoms with van der Waals surface area (Å²) in [5, 5.41) is 2.99. The van der Waals surface area contributed by atoms with Crippen LogP contribution in [0.5, 0.6) is 5.75 Å². The maximum Gasteiger partial charge on any atom is 0.238 e. The van der Waals surface area contributed by atoms with Gasteiger partial charge in [-0.2, -0.15) is 0 Å². The molecule has 0 atom stereocenters. The van der Waals surface area contributed by atoms with Gasteiger partial charge in [0.05, 0.1) is 24.2 Å². The molecule has 1 saturated heterocycles. The van der Waals surface area contributed by atoms with E-state index in [1.807, 2.05) is 37.3 Å². The Bertz CT molecular complexity index is 988. The van der Waals surface area contributed by atoms with Crippen molar-refractivity contribution in [1.29, 1.82) is 0 Å². The second kappa shape index (κ2) is 9.30. The summed E-state index contributed by atoms with van der Waals surface area (Å²) in [5.74, 6) is 2.55. The van der Waals surface area contributed by atoms with Crippen molar-refractivity contribution in [1.82, 2.24) is 14.5 Å². The predicted octanol–water partition coefficient (Wildman–Crippen LogP) is 4.09. The largest absolute Gasteiger partial charge is 0.494 e. The number of hydrogen-bond donors (Lipinski definition) is 1. The third-order valence-electron chi connectivity index (χ3n) is 5.81. The quantitative estimate of drug-likeness (QED) is 0.642. The first-order valence-corrected chi connectivity index (χ1v) is 10.8. The molecule has 6 heteroatoms. The molecule has 0 unspecified atom stereocenters. The molecule has 0 saturated carbocycles. The number of anilines is 1. The Morgan fingerprint density at radius 3 is 2.60 bits per heavy atom. The van der Waals surface area contributed by atoms with E-state index in [2.05, 4.69) is 44.9 Å². The van der Waals surface area contributed by atoms with Gasteiger partial charge in [-0.25, -0.2) is 4.98 Å². The Labute approximate surface area is 177 Å². The molecule has 4 rings (SSSR count).